The lowest BCUT2D eigenvalue weighted by Crippen LogP contribution is -2.35. The van der Waals surface area contributed by atoms with Crippen molar-refractivity contribution in [3.63, 3.8) is 0 Å². The van der Waals surface area contributed by atoms with Crippen LogP contribution in [-0.4, -0.2) is 17.9 Å². The summed E-state index contributed by atoms with van der Waals surface area (Å²) in [4.78, 5) is 18.0. The van der Waals surface area contributed by atoms with Crippen molar-refractivity contribution in [2.75, 3.05) is 17.3 Å². The summed E-state index contributed by atoms with van der Waals surface area (Å²) in [6.07, 6.45) is 0.404. The normalized spacial score (nSPS) is 17.8. The molecule has 1 amide bonds. The van der Waals surface area contributed by atoms with Gasteiger partial charge in [0.05, 0.1) is 12.5 Å². The monoisotopic (exact) mass is 287 g/mol. The lowest BCUT2D eigenvalue weighted by atomic mass is 9.96. The molecular formula is C15H14ClN3O. The smallest absolute Gasteiger partial charge is 0.229 e. The molecule has 5 heteroatoms. The Kier molecular flexibility index (Phi) is 3.32. The number of carbonyl (C=O) groups is 1. The Hall–Kier alpha value is -2.07. The largest absolute Gasteiger partial charge is 0.363 e. The summed E-state index contributed by atoms with van der Waals surface area (Å²) in [7, 11) is 1.80. The van der Waals surface area contributed by atoms with E-state index in [1.165, 1.54) is 0 Å². The highest BCUT2D eigenvalue weighted by molar-refractivity contribution is 6.29. The third kappa shape index (κ3) is 2.34. The Balaban J connectivity index is 1.94. The van der Waals surface area contributed by atoms with Crippen LogP contribution in [0.1, 0.15) is 18.0 Å². The summed E-state index contributed by atoms with van der Waals surface area (Å²) >= 11 is 5.89. The summed E-state index contributed by atoms with van der Waals surface area (Å²) in [6.45, 7) is 0. The van der Waals surface area contributed by atoms with E-state index in [9.17, 15) is 4.79 Å². The Morgan fingerprint density at radius 1 is 1.25 bits per heavy atom. The summed E-state index contributed by atoms with van der Waals surface area (Å²) in [6, 6.07) is 13.2. The Labute approximate surface area is 122 Å². The SMILES string of the molecule is CN1C(=O)CC(Nc2cccc(Cl)n2)c2ccccc21. The maximum absolute atomic E-state index is 12.1. The van der Waals surface area contributed by atoms with Gasteiger partial charge in [-0.3, -0.25) is 4.79 Å². The molecule has 0 saturated carbocycles. The van der Waals surface area contributed by atoms with E-state index in [-0.39, 0.29) is 11.9 Å². The van der Waals surface area contributed by atoms with Gasteiger partial charge in [0.1, 0.15) is 11.0 Å². The van der Waals surface area contributed by atoms with Crippen molar-refractivity contribution in [3.05, 3.63) is 53.2 Å². The lowest BCUT2D eigenvalue weighted by Gasteiger charge is -2.32. The van der Waals surface area contributed by atoms with Crippen molar-refractivity contribution in [2.45, 2.75) is 12.5 Å². The van der Waals surface area contributed by atoms with Crippen molar-refractivity contribution in [3.8, 4) is 0 Å². The van der Waals surface area contributed by atoms with Crippen LogP contribution in [-0.2, 0) is 4.79 Å². The van der Waals surface area contributed by atoms with Gasteiger partial charge in [-0.25, -0.2) is 4.98 Å². The molecule has 0 spiro atoms. The highest BCUT2D eigenvalue weighted by Crippen LogP contribution is 2.35. The molecule has 2 heterocycles. The molecule has 1 aliphatic heterocycles. The number of para-hydroxylation sites is 1. The average Bonchev–Trinajstić information content (AvgIpc) is 2.45. The summed E-state index contributed by atoms with van der Waals surface area (Å²) in [5, 5.41) is 3.72. The fraction of sp³-hybridized carbons (Fsp3) is 0.200. The number of hydrogen-bond donors (Lipinski definition) is 1. The van der Waals surface area contributed by atoms with Crippen LogP contribution in [0.3, 0.4) is 0 Å². The number of halogens is 1. The molecule has 1 aliphatic rings. The van der Waals surface area contributed by atoms with Gasteiger partial charge in [0.15, 0.2) is 0 Å². The van der Waals surface area contributed by atoms with Gasteiger partial charge in [0, 0.05) is 12.7 Å². The van der Waals surface area contributed by atoms with Gasteiger partial charge in [-0.15, -0.1) is 0 Å². The number of fused-ring (bicyclic) bond motifs is 1. The number of aromatic nitrogens is 1. The fourth-order valence-corrected chi connectivity index (χ4v) is 2.60. The molecule has 1 atom stereocenters. The van der Waals surface area contributed by atoms with Crippen LogP contribution in [0.5, 0.6) is 0 Å². The van der Waals surface area contributed by atoms with E-state index in [0.29, 0.717) is 17.4 Å². The maximum atomic E-state index is 12.1. The first-order chi connectivity index (χ1) is 9.65. The zero-order chi connectivity index (χ0) is 14.1. The molecule has 102 valence electrons. The van der Waals surface area contributed by atoms with E-state index in [2.05, 4.69) is 10.3 Å². The van der Waals surface area contributed by atoms with Crippen molar-refractivity contribution in [1.82, 2.24) is 4.98 Å². The first kappa shape index (κ1) is 12.9. The summed E-state index contributed by atoms with van der Waals surface area (Å²) < 4.78 is 0. The minimum atomic E-state index is -0.0825. The van der Waals surface area contributed by atoms with Crippen LogP contribution in [0.25, 0.3) is 0 Å². The van der Waals surface area contributed by atoms with Crippen LogP contribution >= 0.6 is 11.6 Å². The number of anilines is 2. The van der Waals surface area contributed by atoms with Crippen LogP contribution in [0.4, 0.5) is 11.5 Å². The van der Waals surface area contributed by atoms with Gasteiger partial charge in [0.25, 0.3) is 0 Å². The van der Waals surface area contributed by atoms with E-state index >= 15 is 0 Å². The molecule has 1 unspecified atom stereocenters. The Bertz CT molecular complexity index is 659. The van der Waals surface area contributed by atoms with E-state index < -0.39 is 0 Å². The Morgan fingerprint density at radius 2 is 2.05 bits per heavy atom. The molecule has 0 aliphatic carbocycles. The number of amides is 1. The van der Waals surface area contributed by atoms with E-state index in [1.54, 1.807) is 18.0 Å². The van der Waals surface area contributed by atoms with Crippen LogP contribution in [0.2, 0.25) is 5.15 Å². The second-order valence-corrected chi connectivity index (χ2v) is 5.15. The molecule has 1 aromatic carbocycles. The van der Waals surface area contributed by atoms with Crippen molar-refractivity contribution in [2.24, 2.45) is 0 Å². The molecule has 0 bridgehead atoms. The van der Waals surface area contributed by atoms with Gasteiger partial charge in [0.2, 0.25) is 5.91 Å². The van der Waals surface area contributed by atoms with E-state index in [4.69, 9.17) is 11.6 Å². The predicted molar refractivity (Wildman–Crippen MR) is 80.1 cm³/mol. The quantitative estimate of drug-likeness (QED) is 0.863. The molecule has 3 rings (SSSR count). The van der Waals surface area contributed by atoms with Crippen molar-refractivity contribution < 1.29 is 4.79 Å². The van der Waals surface area contributed by atoms with Crippen molar-refractivity contribution in [1.29, 1.82) is 0 Å². The number of pyridine rings is 1. The zero-order valence-corrected chi connectivity index (χ0v) is 11.8. The third-order valence-electron chi connectivity index (χ3n) is 3.46. The predicted octanol–water partition coefficient (Wildman–Crippen LogP) is 3.25. The molecule has 0 saturated heterocycles. The van der Waals surface area contributed by atoms with Crippen LogP contribution < -0.4 is 10.2 Å². The lowest BCUT2D eigenvalue weighted by molar-refractivity contribution is -0.118. The van der Waals surface area contributed by atoms with Gasteiger partial charge >= 0.3 is 0 Å². The highest BCUT2D eigenvalue weighted by atomic mass is 35.5. The Morgan fingerprint density at radius 3 is 2.85 bits per heavy atom. The second-order valence-electron chi connectivity index (χ2n) is 4.76. The number of hydrogen-bond acceptors (Lipinski definition) is 3. The standard InChI is InChI=1S/C15H14ClN3O/c1-19-12-6-3-2-5-10(12)11(9-15(19)20)17-14-8-4-7-13(16)18-14/h2-8,11H,9H2,1H3,(H,17,18). The van der Waals surface area contributed by atoms with E-state index in [0.717, 1.165) is 11.3 Å². The molecular weight excluding hydrogens is 274 g/mol. The molecule has 2 aromatic rings. The summed E-state index contributed by atoms with van der Waals surface area (Å²) in [5.41, 5.74) is 2.03. The third-order valence-corrected chi connectivity index (χ3v) is 3.67. The topological polar surface area (TPSA) is 45.2 Å². The van der Waals surface area contributed by atoms with Crippen LogP contribution in [0, 0.1) is 0 Å². The molecule has 20 heavy (non-hydrogen) atoms. The van der Waals surface area contributed by atoms with Gasteiger partial charge in [-0.2, -0.15) is 0 Å². The number of carbonyl (C=O) groups excluding carboxylic acids is 1. The minimum Gasteiger partial charge on any atom is -0.363 e. The highest BCUT2D eigenvalue weighted by Gasteiger charge is 2.28. The fourth-order valence-electron chi connectivity index (χ4n) is 2.44. The summed E-state index contributed by atoms with van der Waals surface area (Å²) in [5.74, 6) is 0.762. The zero-order valence-electron chi connectivity index (χ0n) is 11.0. The molecule has 0 fully saturated rings. The average molecular weight is 288 g/mol. The second kappa shape index (κ2) is 5.13. The first-order valence-electron chi connectivity index (χ1n) is 6.40. The van der Waals surface area contributed by atoms with Gasteiger partial charge < -0.3 is 10.2 Å². The number of rotatable bonds is 2. The van der Waals surface area contributed by atoms with E-state index in [1.807, 2.05) is 36.4 Å². The van der Waals surface area contributed by atoms with Crippen molar-refractivity contribution >= 4 is 29.0 Å². The number of benzene rings is 1. The first-order valence-corrected chi connectivity index (χ1v) is 6.77. The maximum Gasteiger partial charge on any atom is 0.229 e. The molecule has 0 radical (unpaired) electrons. The molecule has 1 aromatic heterocycles. The van der Waals surface area contributed by atoms with Crippen LogP contribution in [0.15, 0.2) is 42.5 Å². The molecule has 1 N–H and O–H groups in total. The van der Waals surface area contributed by atoms with Gasteiger partial charge in [-0.1, -0.05) is 35.9 Å². The molecule has 4 nitrogen and oxygen atoms in total. The minimum absolute atomic E-state index is 0.0825. The number of nitrogens with zero attached hydrogens (tertiary/aromatic N) is 2. The van der Waals surface area contributed by atoms with Gasteiger partial charge in [-0.05, 0) is 23.8 Å². The number of nitrogens with one attached hydrogen (secondary N) is 1.